The predicted octanol–water partition coefficient (Wildman–Crippen LogP) is 4.49. The maximum atomic E-state index is 17.3. The Hall–Kier alpha value is -1.31. The highest BCUT2D eigenvalue weighted by Gasteiger charge is 2.77. The molecule has 0 unspecified atom stereocenters. The number of thiocarbonyl (C=S) groups is 1. The van der Waals surface area contributed by atoms with Crippen molar-refractivity contribution in [2.45, 2.75) is 76.1 Å². The number of hydrogen-bond acceptors (Lipinski definition) is 6. The Morgan fingerprint density at radius 1 is 1.33 bits per heavy atom. The maximum absolute atomic E-state index is 17.3. The molecule has 4 rings (SSSR count). The van der Waals surface area contributed by atoms with Gasteiger partial charge in [0.2, 0.25) is 5.05 Å². The molecule has 4 aliphatic rings. The molecule has 0 radical (unpaired) electrons. The molecular formula is C25H32ClFO5S. The molecule has 8 heteroatoms. The molecule has 3 saturated carbocycles. The van der Waals surface area contributed by atoms with Crippen molar-refractivity contribution < 1.29 is 28.6 Å². The number of aliphatic hydroxyl groups is 1. The van der Waals surface area contributed by atoms with E-state index in [9.17, 15) is 14.7 Å². The van der Waals surface area contributed by atoms with E-state index in [0.717, 1.165) is 0 Å². The van der Waals surface area contributed by atoms with Gasteiger partial charge < -0.3 is 14.6 Å². The molecule has 9 atom stereocenters. The van der Waals surface area contributed by atoms with Gasteiger partial charge in [0.1, 0.15) is 0 Å². The second-order valence-corrected chi connectivity index (χ2v) is 11.4. The topological polar surface area (TPSA) is 72.8 Å². The molecule has 0 amide bonds. The fourth-order valence-corrected chi connectivity index (χ4v) is 8.58. The quantitative estimate of drug-likeness (QED) is 0.351. The molecule has 0 bridgehead atoms. The fourth-order valence-electron chi connectivity index (χ4n) is 7.62. The van der Waals surface area contributed by atoms with E-state index >= 15 is 4.39 Å². The summed E-state index contributed by atoms with van der Waals surface area (Å²) in [5.74, 6) is -1.79. The van der Waals surface area contributed by atoms with E-state index in [-0.39, 0.29) is 41.9 Å². The molecule has 0 aromatic heterocycles. The number of rotatable bonds is 3. The van der Waals surface area contributed by atoms with Crippen LogP contribution in [0.25, 0.3) is 0 Å². The lowest BCUT2D eigenvalue weighted by Crippen LogP contribution is -2.70. The highest BCUT2D eigenvalue weighted by molar-refractivity contribution is 7.80. The summed E-state index contributed by atoms with van der Waals surface area (Å²) in [5.41, 5.74) is -4.86. The van der Waals surface area contributed by atoms with Crippen molar-refractivity contribution in [3.8, 4) is 0 Å². The van der Waals surface area contributed by atoms with Gasteiger partial charge in [-0.25, -0.2) is 4.39 Å². The van der Waals surface area contributed by atoms with E-state index in [0.29, 0.717) is 12.0 Å². The number of hydrogen-bond donors (Lipinski definition) is 1. The summed E-state index contributed by atoms with van der Waals surface area (Å²) in [6, 6.07) is 0. The largest absolute Gasteiger partial charge is 0.487 e. The van der Waals surface area contributed by atoms with Crippen LogP contribution in [0.15, 0.2) is 23.8 Å². The number of methoxy groups -OCH3 is 1. The molecule has 3 fully saturated rings. The smallest absolute Gasteiger partial charge is 0.306 e. The van der Waals surface area contributed by atoms with Crippen LogP contribution in [0.1, 0.15) is 53.4 Å². The Labute approximate surface area is 204 Å². The van der Waals surface area contributed by atoms with Crippen molar-refractivity contribution in [3.63, 3.8) is 0 Å². The molecule has 0 aromatic rings. The number of ether oxygens (including phenoxy) is 2. The Morgan fingerprint density at radius 3 is 2.61 bits per heavy atom. The fraction of sp³-hybridized carbons (Fsp3) is 0.720. The summed E-state index contributed by atoms with van der Waals surface area (Å²) < 4.78 is 28.9. The van der Waals surface area contributed by atoms with Crippen molar-refractivity contribution in [1.29, 1.82) is 0 Å². The van der Waals surface area contributed by atoms with Crippen molar-refractivity contribution in [2.75, 3.05) is 7.11 Å². The van der Waals surface area contributed by atoms with Crippen molar-refractivity contribution >= 4 is 40.6 Å². The number of fused-ring (bicyclic) bond motifs is 5. The third kappa shape index (κ3) is 2.94. The minimum absolute atomic E-state index is 0.0348. The van der Waals surface area contributed by atoms with Gasteiger partial charge in [-0.2, -0.15) is 0 Å². The number of esters is 1. The molecule has 33 heavy (non-hydrogen) atoms. The number of alkyl halides is 2. The van der Waals surface area contributed by atoms with E-state index < -0.39 is 45.5 Å². The van der Waals surface area contributed by atoms with Crippen LogP contribution in [-0.4, -0.2) is 51.8 Å². The molecule has 182 valence electrons. The molecule has 4 aliphatic carbocycles. The van der Waals surface area contributed by atoms with Gasteiger partial charge in [-0.05, 0) is 62.0 Å². The molecule has 0 spiro atoms. The molecule has 0 aliphatic heterocycles. The average molecular weight is 499 g/mol. The molecule has 0 heterocycles. The zero-order chi connectivity index (χ0) is 24.6. The van der Waals surface area contributed by atoms with E-state index in [1.165, 1.54) is 19.3 Å². The third-order valence-electron chi connectivity index (χ3n) is 9.22. The average Bonchev–Trinajstić information content (AvgIpc) is 2.98. The summed E-state index contributed by atoms with van der Waals surface area (Å²) >= 11 is 12.4. The highest BCUT2D eigenvalue weighted by Crippen LogP contribution is 2.72. The molecular weight excluding hydrogens is 467 g/mol. The van der Waals surface area contributed by atoms with Gasteiger partial charge in [0, 0.05) is 29.1 Å². The minimum atomic E-state index is -2.04. The van der Waals surface area contributed by atoms with E-state index in [2.05, 4.69) is 0 Å². The summed E-state index contributed by atoms with van der Waals surface area (Å²) in [7, 11) is 1.45. The summed E-state index contributed by atoms with van der Waals surface area (Å²) in [6.07, 6.45) is 3.97. The zero-order valence-corrected chi connectivity index (χ0v) is 21.3. The monoisotopic (exact) mass is 498 g/mol. The van der Waals surface area contributed by atoms with Crippen molar-refractivity contribution in [3.05, 3.63) is 23.8 Å². The number of carbonyl (C=O) groups is 2. The maximum Gasteiger partial charge on any atom is 0.306 e. The summed E-state index contributed by atoms with van der Waals surface area (Å²) in [6.45, 7) is 7.29. The lowest BCUT2D eigenvalue weighted by Gasteiger charge is -2.63. The van der Waals surface area contributed by atoms with Crippen LogP contribution in [-0.2, 0) is 19.1 Å². The van der Waals surface area contributed by atoms with Gasteiger partial charge in [-0.3, -0.25) is 9.59 Å². The Balaban J connectivity index is 1.88. The summed E-state index contributed by atoms with van der Waals surface area (Å²) in [4.78, 5) is 24.6. The normalized spacial score (nSPS) is 48.3. The molecule has 0 aromatic carbocycles. The number of aliphatic hydroxyl groups excluding tert-OH is 1. The summed E-state index contributed by atoms with van der Waals surface area (Å²) in [5, 5.41) is 11.1. The van der Waals surface area contributed by atoms with Gasteiger partial charge in [0.05, 0.1) is 18.6 Å². The lowest BCUT2D eigenvalue weighted by molar-refractivity contribution is -0.217. The van der Waals surface area contributed by atoms with Gasteiger partial charge in [-0.1, -0.05) is 26.8 Å². The molecule has 1 N–H and O–H groups in total. The van der Waals surface area contributed by atoms with Crippen LogP contribution in [0, 0.1) is 28.6 Å². The van der Waals surface area contributed by atoms with Gasteiger partial charge in [-0.15, -0.1) is 11.6 Å². The highest BCUT2D eigenvalue weighted by atomic mass is 35.5. The first-order chi connectivity index (χ1) is 15.3. The first-order valence-electron chi connectivity index (χ1n) is 11.6. The van der Waals surface area contributed by atoms with E-state index in [1.807, 2.05) is 13.8 Å². The second-order valence-electron chi connectivity index (χ2n) is 10.6. The number of halogens is 2. The van der Waals surface area contributed by atoms with Crippen LogP contribution in [0.5, 0.6) is 0 Å². The molecule has 5 nitrogen and oxygen atoms in total. The first-order valence-corrected chi connectivity index (χ1v) is 12.4. The second kappa shape index (κ2) is 7.85. The molecule has 0 saturated heterocycles. The Morgan fingerprint density at radius 2 is 2.00 bits per heavy atom. The van der Waals surface area contributed by atoms with E-state index in [4.69, 9.17) is 33.3 Å². The zero-order valence-electron chi connectivity index (χ0n) is 19.7. The van der Waals surface area contributed by atoms with Crippen LogP contribution >= 0.6 is 23.8 Å². The van der Waals surface area contributed by atoms with Gasteiger partial charge >= 0.3 is 5.97 Å². The van der Waals surface area contributed by atoms with Crippen LogP contribution in [0.4, 0.5) is 4.39 Å². The minimum Gasteiger partial charge on any atom is -0.487 e. The van der Waals surface area contributed by atoms with Crippen molar-refractivity contribution in [1.82, 2.24) is 0 Å². The number of allylic oxidation sites excluding steroid dienone is 4. The van der Waals surface area contributed by atoms with Gasteiger partial charge in [0.15, 0.2) is 17.1 Å². The Kier molecular flexibility index (Phi) is 5.90. The Bertz CT molecular complexity index is 966. The predicted molar refractivity (Wildman–Crippen MR) is 127 cm³/mol. The van der Waals surface area contributed by atoms with E-state index in [1.54, 1.807) is 19.9 Å². The lowest BCUT2D eigenvalue weighted by atomic mass is 9.44. The first kappa shape index (κ1) is 24.8. The number of carbonyl (C=O) groups excluding carboxylic acids is 2. The SMILES string of the molecule is CCC(=O)O[C@]1(C(=S)OC)[C@H](C)C[C@H]2[C@@H]3C[C@H](Cl)C4=CC(=O)C=C[C@]4(C)[C@@]3(F)[C@@H](O)C[C@@]21C. The third-order valence-corrected chi connectivity index (χ3v) is 10.1. The number of ketones is 1. The van der Waals surface area contributed by atoms with Crippen LogP contribution < -0.4 is 0 Å². The van der Waals surface area contributed by atoms with Crippen LogP contribution in [0.3, 0.4) is 0 Å². The van der Waals surface area contributed by atoms with Crippen LogP contribution in [0.2, 0.25) is 0 Å². The van der Waals surface area contributed by atoms with Gasteiger partial charge in [0.25, 0.3) is 0 Å². The standard InChI is InChI=1S/C25H32ClFO5S/c1-6-20(30)32-25(21(33)31-5)13(2)9-15-16-11-18(26)17-10-14(28)7-8-22(17,3)24(16,27)19(29)12-23(15,25)4/h7-8,10,13,15-16,18-19,29H,6,9,11-12H2,1-5H3/t13-,15+,16+,18+,19+,22+,23+,24+,25+/m1/s1. The van der Waals surface area contributed by atoms with Crippen molar-refractivity contribution in [2.24, 2.45) is 28.6 Å².